The van der Waals surface area contributed by atoms with E-state index < -0.39 is 0 Å². The second-order valence-corrected chi connectivity index (χ2v) is 10.1. The molecule has 8 nitrogen and oxygen atoms in total. The highest BCUT2D eigenvalue weighted by Crippen LogP contribution is 2.29. The van der Waals surface area contributed by atoms with Crippen LogP contribution in [0.3, 0.4) is 0 Å². The molecule has 0 spiro atoms. The summed E-state index contributed by atoms with van der Waals surface area (Å²) >= 11 is 0. The van der Waals surface area contributed by atoms with Gasteiger partial charge in [-0.2, -0.15) is 10.4 Å². The molecule has 1 aliphatic heterocycles. The lowest BCUT2D eigenvalue weighted by Gasteiger charge is -2.34. The number of halogens is 1. The SMILES string of the molecule is CN(C)Cc1cc(F)cc(OC2CCN(CC(CC#N)n3cc(-c4ncnc5c4C=CC5)cn3)CC2)c1. The highest BCUT2D eigenvalue weighted by atomic mass is 19.1. The van der Waals surface area contributed by atoms with Gasteiger partial charge in [0.15, 0.2) is 0 Å². The molecule has 2 aliphatic rings. The van der Waals surface area contributed by atoms with Gasteiger partial charge in [-0.05, 0) is 44.6 Å². The predicted octanol–water partition coefficient (Wildman–Crippen LogP) is 4.11. The Morgan fingerprint density at radius 1 is 1.22 bits per heavy atom. The summed E-state index contributed by atoms with van der Waals surface area (Å²) in [4.78, 5) is 13.2. The molecule has 0 amide bonds. The van der Waals surface area contributed by atoms with Crippen LogP contribution in [0, 0.1) is 17.1 Å². The Morgan fingerprint density at radius 3 is 2.84 bits per heavy atom. The van der Waals surface area contributed by atoms with Crippen LogP contribution in [-0.4, -0.2) is 69.4 Å². The quantitative estimate of drug-likeness (QED) is 0.436. The summed E-state index contributed by atoms with van der Waals surface area (Å²) in [6.45, 7) is 3.10. The van der Waals surface area contributed by atoms with Crippen molar-refractivity contribution >= 4 is 6.08 Å². The van der Waals surface area contributed by atoms with Crippen molar-refractivity contribution in [2.45, 2.75) is 44.4 Å². The average Bonchev–Trinajstić information content (AvgIpc) is 3.54. The minimum atomic E-state index is -0.271. The fourth-order valence-electron chi connectivity index (χ4n) is 5.14. The van der Waals surface area contributed by atoms with Gasteiger partial charge < -0.3 is 14.5 Å². The van der Waals surface area contributed by atoms with Gasteiger partial charge in [-0.25, -0.2) is 14.4 Å². The van der Waals surface area contributed by atoms with Gasteiger partial charge in [-0.1, -0.05) is 12.2 Å². The van der Waals surface area contributed by atoms with E-state index in [2.05, 4.69) is 38.2 Å². The lowest BCUT2D eigenvalue weighted by atomic mass is 10.1. The summed E-state index contributed by atoms with van der Waals surface area (Å²) in [5.41, 5.74) is 4.80. The Kier molecular flexibility index (Phi) is 7.58. The van der Waals surface area contributed by atoms with E-state index in [0.29, 0.717) is 18.7 Å². The van der Waals surface area contributed by atoms with E-state index in [1.54, 1.807) is 12.4 Å². The zero-order valence-corrected chi connectivity index (χ0v) is 21.3. The van der Waals surface area contributed by atoms with Gasteiger partial charge in [0, 0.05) is 56.0 Å². The number of likely N-dealkylation sites (tertiary alicyclic amines) is 1. The molecule has 2 aromatic heterocycles. The fraction of sp³-hybridized carbons (Fsp3) is 0.429. The molecule has 1 atom stereocenters. The number of rotatable bonds is 9. The molecule has 1 saturated heterocycles. The summed E-state index contributed by atoms with van der Waals surface area (Å²) in [7, 11) is 3.92. The van der Waals surface area contributed by atoms with Crippen molar-refractivity contribution in [1.82, 2.24) is 29.5 Å². The molecule has 0 bridgehead atoms. The highest BCUT2D eigenvalue weighted by Gasteiger charge is 2.25. The standard InChI is InChI=1S/C28H32FN7O/c1-34(2)16-20-12-22(29)14-25(13-20)37-24-7-10-35(11-8-24)18-23(6-9-30)36-17-21(15-33-36)28-26-4-3-5-27(26)31-19-32-28/h3-4,12-15,17,19,23-24H,5-8,10-11,16,18H2,1-2H3. The molecule has 3 heterocycles. The third kappa shape index (κ3) is 6.04. The Bertz CT molecular complexity index is 1300. The summed E-state index contributed by atoms with van der Waals surface area (Å²) in [5.74, 6) is 0.320. The van der Waals surface area contributed by atoms with Crippen molar-refractivity contribution in [3.05, 3.63) is 65.6 Å². The normalized spacial score (nSPS) is 16.6. The Labute approximate surface area is 217 Å². The van der Waals surface area contributed by atoms with E-state index >= 15 is 0 Å². The Hall–Kier alpha value is -3.61. The first-order valence-electron chi connectivity index (χ1n) is 12.7. The first-order chi connectivity index (χ1) is 18.0. The summed E-state index contributed by atoms with van der Waals surface area (Å²) in [6.07, 6.45) is 12.5. The van der Waals surface area contributed by atoms with Gasteiger partial charge in [0.25, 0.3) is 0 Å². The number of nitriles is 1. The zero-order valence-electron chi connectivity index (χ0n) is 21.3. The lowest BCUT2D eigenvalue weighted by molar-refractivity contribution is 0.0908. The zero-order chi connectivity index (χ0) is 25.8. The molecule has 3 aromatic rings. The molecule has 1 aromatic carbocycles. The van der Waals surface area contributed by atoms with Crippen LogP contribution in [0.4, 0.5) is 4.39 Å². The lowest BCUT2D eigenvalue weighted by Crippen LogP contribution is -2.41. The van der Waals surface area contributed by atoms with Crippen molar-refractivity contribution in [2.24, 2.45) is 0 Å². The van der Waals surface area contributed by atoms with Gasteiger partial charge in [-0.3, -0.25) is 4.68 Å². The number of nitrogens with zero attached hydrogens (tertiary/aromatic N) is 7. The average molecular weight is 502 g/mol. The topological polar surface area (TPSA) is 83.1 Å². The number of ether oxygens (including phenoxy) is 1. The molecular formula is C28H32FN7O. The number of piperidine rings is 1. The van der Waals surface area contributed by atoms with Crippen molar-refractivity contribution in [1.29, 1.82) is 5.26 Å². The van der Waals surface area contributed by atoms with E-state index in [9.17, 15) is 9.65 Å². The van der Waals surface area contributed by atoms with Crippen molar-refractivity contribution in [3.8, 4) is 23.1 Å². The van der Waals surface area contributed by atoms with Crippen LogP contribution >= 0.6 is 0 Å². The van der Waals surface area contributed by atoms with Gasteiger partial charge in [0.05, 0.1) is 36.1 Å². The molecule has 1 fully saturated rings. The molecular weight excluding hydrogens is 469 g/mol. The first-order valence-corrected chi connectivity index (χ1v) is 12.7. The maximum absolute atomic E-state index is 14.1. The Balaban J connectivity index is 1.20. The highest BCUT2D eigenvalue weighted by molar-refractivity contribution is 5.74. The third-order valence-electron chi connectivity index (χ3n) is 6.87. The molecule has 1 unspecified atom stereocenters. The smallest absolute Gasteiger partial charge is 0.127 e. The third-order valence-corrected chi connectivity index (χ3v) is 6.87. The summed E-state index contributed by atoms with van der Waals surface area (Å²) in [5, 5.41) is 14.1. The number of aromatic nitrogens is 4. The van der Waals surface area contributed by atoms with Crippen LogP contribution < -0.4 is 4.74 Å². The van der Waals surface area contributed by atoms with Crippen LogP contribution in [-0.2, 0) is 13.0 Å². The van der Waals surface area contributed by atoms with E-state index in [0.717, 1.165) is 67.0 Å². The molecule has 192 valence electrons. The molecule has 9 heteroatoms. The second kappa shape index (κ2) is 11.2. The Morgan fingerprint density at radius 2 is 2.05 bits per heavy atom. The van der Waals surface area contributed by atoms with E-state index in [1.165, 1.54) is 6.07 Å². The number of benzene rings is 1. The summed E-state index contributed by atoms with van der Waals surface area (Å²) in [6, 6.07) is 7.21. The van der Waals surface area contributed by atoms with Crippen LogP contribution in [0.25, 0.3) is 17.3 Å². The second-order valence-electron chi connectivity index (χ2n) is 10.1. The monoisotopic (exact) mass is 501 g/mol. The minimum absolute atomic E-state index is 0.0453. The molecule has 37 heavy (non-hydrogen) atoms. The first kappa shape index (κ1) is 25.1. The van der Waals surface area contributed by atoms with Crippen LogP contribution in [0.5, 0.6) is 5.75 Å². The van der Waals surface area contributed by atoms with E-state index in [4.69, 9.17) is 4.74 Å². The van der Waals surface area contributed by atoms with Crippen molar-refractivity contribution in [3.63, 3.8) is 0 Å². The fourth-order valence-corrected chi connectivity index (χ4v) is 5.14. The molecule has 5 rings (SSSR count). The molecule has 1 aliphatic carbocycles. The summed E-state index contributed by atoms with van der Waals surface area (Å²) < 4.78 is 22.2. The largest absolute Gasteiger partial charge is 0.490 e. The van der Waals surface area contributed by atoms with E-state index in [1.807, 2.05) is 42.1 Å². The number of fused-ring (bicyclic) bond motifs is 1. The van der Waals surface area contributed by atoms with Crippen LogP contribution in [0.2, 0.25) is 0 Å². The minimum Gasteiger partial charge on any atom is -0.490 e. The van der Waals surface area contributed by atoms with Crippen LogP contribution in [0.1, 0.15) is 42.1 Å². The number of hydrogen-bond donors (Lipinski definition) is 0. The molecule has 0 radical (unpaired) electrons. The van der Waals surface area contributed by atoms with E-state index in [-0.39, 0.29) is 18.0 Å². The maximum Gasteiger partial charge on any atom is 0.127 e. The van der Waals surface area contributed by atoms with Gasteiger partial charge >= 0.3 is 0 Å². The van der Waals surface area contributed by atoms with Gasteiger partial charge in [0.2, 0.25) is 0 Å². The van der Waals surface area contributed by atoms with Crippen LogP contribution in [0.15, 0.2) is 43.0 Å². The van der Waals surface area contributed by atoms with Crippen molar-refractivity contribution < 1.29 is 9.13 Å². The van der Waals surface area contributed by atoms with Crippen molar-refractivity contribution in [2.75, 3.05) is 33.7 Å². The molecule has 0 N–H and O–H groups in total. The van der Waals surface area contributed by atoms with Gasteiger partial charge in [-0.15, -0.1) is 0 Å². The number of hydrogen-bond acceptors (Lipinski definition) is 7. The number of allylic oxidation sites excluding steroid dienone is 1. The van der Waals surface area contributed by atoms with Gasteiger partial charge in [0.1, 0.15) is 24.0 Å². The predicted molar refractivity (Wildman–Crippen MR) is 139 cm³/mol. The molecule has 0 saturated carbocycles. The maximum atomic E-state index is 14.1.